The molecule has 0 radical (unpaired) electrons. The molecule has 0 bridgehead atoms. The molecule has 1 N–H and O–H groups in total. The number of pyridine rings is 1. The molecule has 1 heterocycles. The van der Waals surface area contributed by atoms with Crippen molar-refractivity contribution in [2.24, 2.45) is 0 Å². The lowest BCUT2D eigenvalue weighted by atomic mass is 10.1. The fraction of sp³-hybridized carbons (Fsp3) is 0.158. The molecular formula is C19H17NO4. The van der Waals surface area contributed by atoms with Crippen molar-refractivity contribution in [2.45, 2.75) is 13.5 Å². The van der Waals surface area contributed by atoms with Crippen LogP contribution >= 0.6 is 0 Å². The van der Waals surface area contributed by atoms with Gasteiger partial charge in [-0.15, -0.1) is 0 Å². The van der Waals surface area contributed by atoms with Gasteiger partial charge in [0.2, 0.25) is 0 Å². The lowest BCUT2D eigenvalue weighted by Gasteiger charge is -2.08. The highest BCUT2D eigenvalue weighted by Gasteiger charge is 2.11. The maximum absolute atomic E-state index is 12.2. The smallest absolute Gasteiger partial charge is 0.338 e. The zero-order chi connectivity index (χ0) is 17.1. The molecule has 0 fully saturated rings. The van der Waals surface area contributed by atoms with Crippen molar-refractivity contribution >= 4 is 16.9 Å². The number of aromatic nitrogens is 1. The molecule has 122 valence electrons. The minimum absolute atomic E-state index is 0.0876. The first-order valence-electron chi connectivity index (χ1n) is 7.51. The van der Waals surface area contributed by atoms with E-state index in [9.17, 15) is 9.59 Å². The van der Waals surface area contributed by atoms with Crippen LogP contribution in [-0.2, 0) is 11.3 Å². The van der Waals surface area contributed by atoms with Crippen LogP contribution in [0.4, 0.5) is 0 Å². The Kier molecular flexibility index (Phi) is 4.33. The largest absolute Gasteiger partial charge is 0.497 e. The van der Waals surface area contributed by atoms with E-state index >= 15 is 0 Å². The molecule has 0 atom stereocenters. The Morgan fingerprint density at radius 1 is 1.12 bits per heavy atom. The fourth-order valence-electron chi connectivity index (χ4n) is 2.49. The molecule has 5 nitrogen and oxygen atoms in total. The summed E-state index contributed by atoms with van der Waals surface area (Å²) in [6.45, 7) is 1.75. The number of esters is 1. The van der Waals surface area contributed by atoms with E-state index in [0.717, 1.165) is 10.9 Å². The molecule has 5 heteroatoms. The molecule has 2 aromatic carbocycles. The molecule has 0 saturated heterocycles. The summed E-state index contributed by atoms with van der Waals surface area (Å²) in [5, 5.41) is 0.816. The third-order valence-electron chi connectivity index (χ3n) is 3.85. The number of H-pyrrole nitrogens is 1. The number of hydrogen-bond acceptors (Lipinski definition) is 4. The minimum Gasteiger partial charge on any atom is -0.497 e. The van der Waals surface area contributed by atoms with Crippen LogP contribution < -0.4 is 10.3 Å². The lowest BCUT2D eigenvalue weighted by Crippen LogP contribution is -2.16. The SMILES string of the molecule is COc1ccc2[nH]c(=O)c(COC(=O)c3ccccc3C)cc2c1. The molecule has 0 unspecified atom stereocenters. The van der Waals surface area contributed by atoms with Crippen LogP contribution in [0, 0.1) is 6.92 Å². The Morgan fingerprint density at radius 2 is 1.92 bits per heavy atom. The van der Waals surface area contributed by atoms with Gasteiger partial charge in [-0.3, -0.25) is 4.79 Å². The monoisotopic (exact) mass is 323 g/mol. The van der Waals surface area contributed by atoms with Crippen LogP contribution in [0.3, 0.4) is 0 Å². The Balaban J connectivity index is 1.84. The van der Waals surface area contributed by atoms with Gasteiger partial charge in [-0.05, 0) is 42.8 Å². The standard InChI is InChI=1S/C19H17NO4/c1-12-5-3-4-6-16(12)19(22)24-11-14-9-13-10-15(23-2)7-8-17(13)20-18(14)21/h3-10H,11H2,1-2H3,(H,20,21). The Bertz CT molecular complexity index is 959. The number of aryl methyl sites for hydroxylation is 1. The molecule has 0 aliphatic carbocycles. The number of fused-ring (bicyclic) bond motifs is 1. The highest BCUT2D eigenvalue weighted by atomic mass is 16.5. The second-order valence-corrected chi connectivity index (χ2v) is 5.47. The van der Waals surface area contributed by atoms with E-state index in [1.165, 1.54) is 0 Å². The van der Waals surface area contributed by atoms with Gasteiger partial charge >= 0.3 is 5.97 Å². The predicted octanol–water partition coefficient (Wildman–Crippen LogP) is 3.20. The quantitative estimate of drug-likeness (QED) is 0.749. The number of benzene rings is 2. The summed E-state index contributed by atoms with van der Waals surface area (Å²) in [6, 6.07) is 14.2. The third kappa shape index (κ3) is 3.15. The van der Waals surface area contributed by atoms with Crippen LogP contribution in [-0.4, -0.2) is 18.1 Å². The maximum Gasteiger partial charge on any atom is 0.338 e. The zero-order valence-electron chi connectivity index (χ0n) is 13.5. The molecular weight excluding hydrogens is 306 g/mol. The number of rotatable bonds is 4. The summed E-state index contributed by atoms with van der Waals surface area (Å²) in [5.41, 5.74) is 2.15. The number of carbonyl (C=O) groups is 1. The number of hydrogen-bond donors (Lipinski definition) is 1. The van der Waals surface area contributed by atoms with Gasteiger partial charge in [-0.1, -0.05) is 18.2 Å². The zero-order valence-corrected chi connectivity index (χ0v) is 13.5. The summed E-state index contributed by atoms with van der Waals surface area (Å²) in [6.07, 6.45) is 0. The molecule has 0 spiro atoms. The molecule has 3 aromatic rings. The number of methoxy groups -OCH3 is 1. The molecule has 0 saturated carbocycles. The first-order valence-corrected chi connectivity index (χ1v) is 7.51. The Hall–Kier alpha value is -3.08. The minimum atomic E-state index is -0.446. The number of aromatic amines is 1. The Labute approximate surface area is 138 Å². The van der Waals surface area contributed by atoms with Crippen LogP contribution in [0.1, 0.15) is 21.5 Å². The van der Waals surface area contributed by atoms with Gasteiger partial charge in [0.15, 0.2) is 0 Å². The predicted molar refractivity (Wildman–Crippen MR) is 91.4 cm³/mol. The number of ether oxygens (including phenoxy) is 2. The van der Waals surface area contributed by atoms with Crippen molar-refractivity contribution in [2.75, 3.05) is 7.11 Å². The van der Waals surface area contributed by atoms with E-state index in [4.69, 9.17) is 9.47 Å². The summed E-state index contributed by atoms with van der Waals surface area (Å²) in [7, 11) is 1.58. The Morgan fingerprint density at radius 3 is 2.67 bits per heavy atom. The van der Waals surface area contributed by atoms with E-state index in [1.807, 2.05) is 25.1 Å². The molecule has 3 rings (SSSR count). The van der Waals surface area contributed by atoms with E-state index in [0.29, 0.717) is 22.4 Å². The van der Waals surface area contributed by atoms with Crippen LogP contribution in [0.5, 0.6) is 5.75 Å². The van der Waals surface area contributed by atoms with Gasteiger partial charge in [0.25, 0.3) is 5.56 Å². The van der Waals surface area contributed by atoms with Crippen LogP contribution in [0.2, 0.25) is 0 Å². The average Bonchev–Trinajstić information content (AvgIpc) is 2.59. The van der Waals surface area contributed by atoms with Crippen LogP contribution in [0.25, 0.3) is 10.9 Å². The van der Waals surface area contributed by atoms with Gasteiger partial charge < -0.3 is 14.5 Å². The molecule has 24 heavy (non-hydrogen) atoms. The summed E-state index contributed by atoms with van der Waals surface area (Å²) in [4.78, 5) is 27.1. The number of carbonyl (C=O) groups excluding carboxylic acids is 1. The molecule has 0 aliphatic heterocycles. The van der Waals surface area contributed by atoms with Crippen molar-refractivity contribution < 1.29 is 14.3 Å². The topological polar surface area (TPSA) is 68.4 Å². The summed E-state index contributed by atoms with van der Waals surface area (Å²) >= 11 is 0. The average molecular weight is 323 g/mol. The van der Waals surface area contributed by atoms with E-state index in [2.05, 4.69) is 4.98 Å². The number of nitrogens with one attached hydrogen (secondary N) is 1. The van der Waals surface area contributed by atoms with Crippen molar-refractivity contribution in [3.63, 3.8) is 0 Å². The summed E-state index contributed by atoms with van der Waals surface area (Å²) < 4.78 is 10.5. The van der Waals surface area contributed by atoms with Gasteiger partial charge in [-0.2, -0.15) is 0 Å². The van der Waals surface area contributed by atoms with Crippen molar-refractivity contribution in [1.82, 2.24) is 4.98 Å². The second kappa shape index (κ2) is 6.58. The van der Waals surface area contributed by atoms with Crippen molar-refractivity contribution in [3.8, 4) is 5.75 Å². The van der Waals surface area contributed by atoms with E-state index in [1.54, 1.807) is 37.4 Å². The van der Waals surface area contributed by atoms with Gasteiger partial charge in [0.1, 0.15) is 12.4 Å². The first kappa shape index (κ1) is 15.8. The fourth-order valence-corrected chi connectivity index (χ4v) is 2.49. The van der Waals surface area contributed by atoms with Gasteiger partial charge in [-0.25, -0.2) is 4.79 Å². The van der Waals surface area contributed by atoms with E-state index < -0.39 is 5.97 Å². The highest BCUT2D eigenvalue weighted by molar-refractivity contribution is 5.91. The van der Waals surface area contributed by atoms with Crippen molar-refractivity contribution in [1.29, 1.82) is 0 Å². The highest BCUT2D eigenvalue weighted by Crippen LogP contribution is 2.19. The third-order valence-corrected chi connectivity index (χ3v) is 3.85. The van der Waals surface area contributed by atoms with E-state index in [-0.39, 0.29) is 12.2 Å². The lowest BCUT2D eigenvalue weighted by molar-refractivity contribution is 0.0470. The molecule has 0 amide bonds. The molecule has 1 aromatic heterocycles. The van der Waals surface area contributed by atoms with Crippen LogP contribution in [0.15, 0.2) is 53.3 Å². The molecule has 0 aliphatic rings. The maximum atomic E-state index is 12.2. The summed E-state index contributed by atoms with van der Waals surface area (Å²) in [5.74, 6) is 0.246. The first-order chi connectivity index (χ1) is 11.6. The normalized spacial score (nSPS) is 10.6. The van der Waals surface area contributed by atoms with Gasteiger partial charge in [0.05, 0.1) is 18.2 Å². The van der Waals surface area contributed by atoms with Gasteiger partial charge in [0, 0.05) is 10.9 Å². The second-order valence-electron chi connectivity index (χ2n) is 5.47. The van der Waals surface area contributed by atoms with Crippen molar-refractivity contribution in [3.05, 3.63) is 75.6 Å².